The summed E-state index contributed by atoms with van der Waals surface area (Å²) in [6.07, 6.45) is 6.78. The van der Waals surface area contributed by atoms with Crippen LogP contribution in [0.2, 0.25) is 0 Å². The Kier molecular flexibility index (Phi) is 2.42. The highest BCUT2D eigenvalue weighted by atomic mass is 32.2. The molecule has 2 saturated heterocycles. The lowest BCUT2D eigenvalue weighted by Gasteiger charge is -2.37. The monoisotopic (exact) mass is 172 g/mol. The van der Waals surface area contributed by atoms with Crippen LogP contribution in [0.5, 0.6) is 0 Å². The lowest BCUT2D eigenvalue weighted by Crippen LogP contribution is -2.30. The molecular formula is C9H16OS. The lowest BCUT2D eigenvalue weighted by molar-refractivity contribution is 0.197. The van der Waals surface area contributed by atoms with Gasteiger partial charge in [-0.1, -0.05) is 6.42 Å². The first-order valence-corrected chi connectivity index (χ1v) is 5.59. The van der Waals surface area contributed by atoms with Gasteiger partial charge in [0.25, 0.3) is 0 Å². The minimum absolute atomic E-state index is 0.424. The van der Waals surface area contributed by atoms with Crippen molar-refractivity contribution in [1.29, 1.82) is 0 Å². The molecule has 1 N–H and O–H groups in total. The van der Waals surface area contributed by atoms with Gasteiger partial charge >= 0.3 is 0 Å². The molecular weight excluding hydrogens is 156 g/mol. The van der Waals surface area contributed by atoms with Crippen molar-refractivity contribution in [3.63, 3.8) is 0 Å². The van der Waals surface area contributed by atoms with Crippen LogP contribution in [-0.4, -0.2) is 22.2 Å². The molecule has 0 spiro atoms. The quantitative estimate of drug-likeness (QED) is 0.653. The van der Waals surface area contributed by atoms with E-state index in [0.717, 1.165) is 10.5 Å². The molecule has 2 rings (SSSR count). The predicted octanol–water partition coefficient (Wildman–Crippen LogP) is 2.04. The molecule has 0 aromatic rings. The summed E-state index contributed by atoms with van der Waals surface area (Å²) < 4.78 is 0. The molecule has 0 amide bonds. The second kappa shape index (κ2) is 3.36. The van der Waals surface area contributed by atoms with E-state index in [1.807, 2.05) is 0 Å². The Morgan fingerprint density at radius 3 is 2.36 bits per heavy atom. The zero-order valence-electron chi connectivity index (χ0n) is 6.83. The molecule has 2 atom stereocenters. The number of aliphatic hydroxyl groups is 1. The normalized spacial score (nSPS) is 43.9. The first-order valence-electron chi connectivity index (χ1n) is 4.65. The molecule has 2 heteroatoms. The van der Waals surface area contributed by atoms with E-state index in [4.69, 9.17) is 5.11 Å². The molecule has 2 heterocycles. The molecule has 1 nitrogen and oxygen atoms in total. The van der Waals surface area contributed by atoms with Crippen LogP contribution in [0.4, 0.5) is 0 Å². The summed E-state index contributed by atoms with van der Waals surface area (Å²) in [5.41, 5.74) is 0. The van der Waals surface area contributed by atoms with Crippen LogP contribution in [0.1, 0.15) is 32.1 Å². The highest BCUT2D eigenvalue weighted by Crippen LogP contribution is 2.43. The van der Waals surface area contributed by atoms with Crippen molar-refractivity contribution in [3.8, 4) is 0 Å². The molecule has 11 heavy (non-hydrogen) atoms. The van der Waals surface area contributed by atoms with Crippen molar-refractivity contribution in [2.24, 2.45) is 5.92 Å². The van der Waals surface area contributed by atoms with Crippen LogP contribution in [0.3, 0.4) is 0 Å². The Bertz CT molecular complexity index is 126. The Labute approximate surface area is 72.6 Å². The molecule has 0 aromatic carbocycles. The highest BCUT2D eigenvalue weighted by molar-refractivity contribution is 8.00. The van der Waals surface area contributed by atoms with Gasteiger partial charge in [-0.2, -0.15) is 11.8 Å². The minimum Gasteiger partial charge on any atom is -0.396 e. The van der Waals surface area contributed by atoms with Crippen LogP contribution in [0.15, 0.2) is 0 Å². The van der Waals surface area contributed by atoms with Gasteiger partial charge < -0.3 is 5.11 Å². The molecule has 2 unspecified atom stereocenters. The summed E-state index contributed by atoms with van der Waals surface area (Å²) in [5, 5.41) is 10.8. The van der Waals surface area contributed by atoms with Crippen molar-refractivity contribution in [3.05, 3.63) is 0 Å². The summed E-state index contributed by atoms with van der Waals surface area (Å²) in [7, 11) is 0. The van der Waals surface area contributed by atoms with Gasteiger partial charge in [0.05, 0.1) is 0 Å². The van der Waals surface area contributed by atoms with E-state index in [1.165, 1.54) is 32.1 Å². The molecule has 0 aromatic heterocycles. The van der Waals surface area contributed by atoms with Crippen LogP contribution >= 0.6 is 11.8 Å². The van der Waals surface area contributed by atoms with Gasteiger partial charge in [-0.3, -0.25) is 0 Å². The zero-order valence-corrected chi connectivity index (χ0v) is 7.65. The fraction of sp³-hybridized carbons (Fsp3) is 1.00. The van der Waals surface area contributed by atoms with Gasteiger partial charge in [-0.05, 0) is 31.6 Å². The Balaban J connectivity index is 1.94. The van der Waals surface area contributed by atoms with Crippen molar-refractivity contribution in [1.82, 2.24) is 0 Å². The summed E-state index contributed by atoms with van der Waals surface area (Å²) >= 11 is 2.18. The van der Waals surface area contributed by atoms with Gasteiger partial charge in [0, 0.05) is 17.1 Å². The van der Waals surface area contributed by atoms with Gasteiger partial charge in [0.1, 0.15) is 0 Å². The fourth-order valence-electron chi connectivity index (χ4n) is 2.32. The molecule has 64 valence electrons. The number of rotatable bonds is 1. The highest BCUT2D eigenvalue weighted by Gasteiger charge is 2.31. The Morgan fingerprint density at radius 2 is 1.82 bits per heavy atom. The SMILES string of the molecule is OCC1CC2CCCC(C1)S2. The Hall–Kier alpha value is 0.310. The summed E-state index contributed by atoms with van der Waals surface area (Å²) in [4.78, 5) is 0. The fourth-order valence-corrected chi connectivity index (χ4v) is 4.23. The molecule has 0 radical (unpaired) electrons. The maximum absolute atomic E-state index is 9.04. The van der Waals surface area contributed by atoms with Crippen LogP contribution in [0, 0.1) is 5.92 Å². The lowest BCUT2D eigenvalue weighted by atomic mass is 9.90. The second-order valence-corrected chi connectivity index (χ2v) is 5.44. The molecule has 2 fully saturated rings. The third-order valence-electron chi connectivity index (χ3n) is 2.89. The van der Waals surface area contributed by atoms with Crippen LogP contribution in [0.25, 0.3) is 0 Å². The van der Waals surface area contributed by atoms with E-state index in [2.05, 4.69) is 11.8 Å². The van der Waals surface area contributed by atoms with Gasteiger partial charge in [-0.15, -0.1) is 0 Å². The predicted molar refractivity (Wildman–Crippen MR) is 48.8 cm³/mol. The van der Waals surface area contributed by atoms with Crippen molar-refractivity contribution in [2.75, 3.05) is 6.61 Å². The number of hydrogen-bond donors (Lipinski definition) is 1. The summed E-state index contributed by atoms with van der Waals surface area (Å²) in [6, 6.07) is 0. The smallest absolute Gasteiger partial charge is 0.0460 e. The number of fused-ring (bicyclic) bond motifs is 2. The Morgan fingerprint density at radius 1 is 1.18 bits per heavy atom. The minimum atomic E-state index is 0.424. The number of aliphatic hydroxyl groups excluding tert-OH is 1. The number of thioether (sulfide) groups is 1. The summed E-state index contributed by atoms with van der Waals surface area (Å²) in [6.45, 7) is 0.424. The van der Waals surface area contributed by atoms with Gasteiger partial charge in [0.2, 0.25) is 0 Å². The first kappa shape index (κ1) is 7.93. The van der Waals surface area contributed by atoms with E-state index in [9.17, 15) is 0 Å². The molecule has 0 saturated carbocycles. The van der Waals surface area contributed by atoms with E-state index in [-0.39, 0.29) is 0 Å². The van der Waals surface area contributed by atoms with Gasteiger partial charge in [-0.25, -0.2) is 0 Å². The molecule has 2 bridgehead atoms. The molecule has 2 aliphatic heterocycles. The third kappa shape index (κ3) is 1.73. The van der Waals surface area contributed by atoms with Crippen LogP contribution in [-0.2, 0) is 0 Å². The van der Waals surface area contributed by atoms with E-state index in [1.54, 1.807) is 0 Å². The largest absolute Gasteiger partial charge is 0.396 e. The van der Waals surface area contributed by atoms with Crippen molar-refractivity contribution in [2.45, 2.75) is 42.6 Å². The average Bonchev–Trinajstić information content (AvgIpc) is 2.03. The maximum Gasteiger partial charge on any atom is 0.0460 e. The van der Waals surface area contributed by atoms with Crippen molar-refractivity contribution >= 4 is 11.8 Å². The van der Waals surface area contributed by atoms with E-state index in [0.29, 0.717) is 12.5 Å². The van der Waals surface area contributed by atoms with E-state index < -0.39 is 0 Å². The topological polar surface area (TPSA) is 20.2 Å². The molecule has 2 aliphatic rings. The summed E-state index contributed by atoms with van der Waals surface area (Å²) in [5.74, 6) is 0.631. The molecule has 0 aliphatic carbocycles. The standard InChI is InChI=1S/C9H16OS/c10-6-7-4-8-2-1-3-9(5-7)11-8/h7-10H,1-6H2. The number of hydrogen-bond acceptors (Lipinski definition) is 2. The first-order chi connectivity index (χ1) is 5.38. The average molecular weight is 172 g/mol. The van der Waals surface area contributed by atoms with Crippen LogP contribution < -0.4 is 0 Å². The van der Waals surface area contributed by atoms with E-state index >= 15 is 0 Å². The second-order valence-electron chi connectivity index (χ2n) is 3.83. The van der Waals surface area contributed by atoms with Gasteiger partial charge in [0.15, 0.2) is 0 Å². The van der Waals surface area contributed by atoms with Crippen molar-refractivity contribution < 1.29 is 5.11 Å². The third-order valence-corrected chi connectivity index (χ3v) is 4.51. The zero-order chi connectivity index (χ0) is 7.68. The maximum atomic E-state index is 9.04.